The van der Waals surface area contributed by atoms with Crippen LogP contribution in [0.1, 0.15) is 18.5 Å². The number of nitrogens with one attached hydrogen (secondary N) is 1. The molecule has 0 aliphatic carbocycles. The van der Waals surface area contributed by atoms with E-state index in [2.05, 4.69) is 5.32 Å². The molecule has 1 aromatic carbocycles. The fourth-order valence-corrected chi connectivity index (χ4v) is 1.30. The molecule has 1 rings (SSSR count). The number of ether oxygens (including phenoxy) is 1. The number of methoxy groups -OCH3 is 1. The second-order valence-electron chi connectivity index (χ2n) is 3.57. The molecule has 0 spiro atoms. The van der Waals surface area contributed by atoms with E-state index in [4.69, 9.17) is 9.84 Å². The second-order valence-corrected chi connectivity index (χ2v) is 3.57. The Balaban J connectivity index is 2.82. The van der Waals surface area contributed by atoms with Gasteiger partial charge in [-0.05, 0) is 12.5 Å². The minimum Gasteiger partial charge on any atom is -0.479 e. The average Bonchev–Trinajstić information content (AvgIpc) is 2.35. The van der Waals surface area contributed by atoms with Gasteiger partial charge in [0.2, 0.25) is 5.91 Å². The molecule has 0 bridgehead atoms. The Morgan fingerprint density at radius 1 is 1.29 bits per heavy atom. The lowest BCUT2D eigenvalue weighted by Crippen LogP contribution is -2.39. The highest BCUT2D eigenvalue weighted by atomic mass is 16.5. The van der Waals surface area contributed by atoms with Crippen LogP contribution in [0.15, 0.2) is 30.3 Å². The Kier molecular flexibility index (Phi) is 4.66. The molecule has 5 nitrogen and oxygen atoms in total. The van der Waals surface area contributed by atoms with Crippen LogP contribution in [0.25, 0.3) is 0 Å². The summed E-state index contributed by atoms with van der Waals surface area (Å²) in [6, 6.07) is 7.46. The third kappa shape index (κ3) is 3.57. The van der Waals surface area contributed by atoms with Crippen molar-refractivity contribution < 1.29 is 19.4 Å². The van der Waals surface area contributed by atoms with Gasteiger partial charge in [0, 0.05) is 7.11 Å². The molecule has 92 valence electrons. The Morgan fingerprint density at radius 2 is 1.88 bits per heavy atom. The van der Waals surface area contributed by atoms with E-state index < -0.39 is 24.0 Å². The summed E-state index contributed by atoms with van der Waals surface area (Å²) in [4.78, 5) is 22.7. The van der Waals surface area contributed by atoms with E-state index >= 15 is 0 Å². The van der Waals surface area contributed by atoms with Crippen molar-refractivity contribution in [3.05, 3.63) is 35.9 Å². The van der Waals surface area contributed by atoms with E-state index in [0.717, 1.165) is 0 Å². The maximum Gasteiger partial charge on any atom is 0.330 e. The first-order valence-corrected chi connectivity index (χ1v) is 5.17. The van der Waals surface area contributed by atoms with E-state index in [-0.39, 0.29) is 0 Å². The molecule has 0 fully saturated rings. The molecule has 0 heterocycles. The smallest absolute Gasteiger partial charge is 0.330 e. The summed E-state index contributed by atoms with van der Waals surface area (Å²) in [5.74, 6) is -1.56. The third-order valence-electron chi connectivity index (χ3n) is 2.39. The molecule has 0 aliphatic heterocycles. The van der Waals surface area contributed by atoms with Crippen LogP contribution in [0.5, 0.6) is 0 Å². The van der Waals surface area contributed by atoms with Crippen molar-refractivity contribution in [3.63, 3.8) is 0 Å². The Morgan fingerprint density at radius 3 is 2.35 bits per heavy atom. The summed E-state index contributed by atoms with van der Waals surface area (Å²) in [6.07, 6.45) is -0.680. The maximum atomic E-state index is 11.6. The zero-order valence-electron chi connectivity index (χ0n) is 9.71. The van der Waals surface area contributed by atoms with Crippen LogP contribution in [-0.4, -0.2) is 30.2 Å². The lowest BCUT2D eigenvalue weighted by atomic mass is 10.1. The molecule has 0 aromatic heterocycles. The SMILES string of the molecule is COC(C)C(=O)NC(C(=O)O)c1ccccc1. The van der Waals surface area contributed by atoms with Gasteiger partial charge in [0.1, 0.15) is 6.10 Å². The highest BCUT2D eigenvalue weighted by Gasteiger charge is 2.24. The van der Waals surface area contributed by atoms with Crippen molar-refractivity contribution >= 4 is 11.9 Å². The molecule has 0 radical (unpaired) electrons. The summed E-state index contributed by atoms with van der Waals surface area (Å²) < 4.78 is 4.82. The van der Waals surface area contributed by atoms with Crippen LogP contribution in [-0.2, 0) is 14.3 Å². The zero-order chi connectivity index (χ0) is 12.8. The van der Waals surface area contributed by atoms with E-state index in [1.807, 2.05) is 0 Å². The van der Waals surface area contributed by atoms with Crippen molar-refractivity contribution in [3.8, 4) is 0 Å². The minimum absolute atomic E-state index is 0.455. The largest absolute Gasteiger partial charge is 0.479 e. The predicted octanol–water partition coefficient (Wildman–Crippen LogP) is 0.963. The van der Waals surface area contributed by atoms with Gasteiger partial charge in [-0.15, -0.1) is 0 Å². The van der Waals surface area contributed by atoms with Crippen LogP contribution < -0.4 is 5.32 Å². The van der Waals surface area contributed by atoms with E-state index in [1.54, 1.807) is 37.3 Å². The van der Waals surface area contributed by atoms with Crippen molar-refractivity contribution in [2.75, 3.05) is 7.11 Å². The average molecular weight is 237 g/mol. The number of aliphatic carboxylic acids is 1. The zero-order valence-corrected chi connectivity index (χ0v) is 9.71. The Hall–Kier alpha value is -1.88. The van der Waals surface area contributed by atoms with E-state index in [0.29, 0.717) is 5.56 Å². The summed E-state index contributed by atoms with van der Waals surface area (Å²) in [7, 11) is 1.39. The molecule has 2 atom stereocenters. The number of hydrogen-bond donors (Lipinski definition) is 2. The van der Waals surface area contributed by atoms with E-state index in [1.165, 1.54) is 7.11 Å². The van der Waals surface area contributed by atoms with Gasteiger partial charge in [-0.2, -0.15) is 0 Å². The van der Waals surface area contributed by atoms with Crippen LogP contribution in [0, 0.1) is 0 Å². The van der Waals surface area contributed by atoms with Crippen LogP contribution in [0.4, 0.5) is 0 Å². The number of amides is 1. The van der Waals surface area contributed by atoms with Gasteiger partial charge in [-0.3, -0.25) is 4.79 Å². The van der Waals surface area contributed by atoms with Crippen molar-refractivity contribution in [2.45, 2.75) is 19.1 Å². The summed E-state index contributed by atoms with van der Waals surface area (Å²) >= 11 is 0. The van der Waals surface area contributed by atoms with Crippen LogP contribution >= 0.6 is 0 Å². The van der Waals surface area contributed by atoms with Crippen LogP contribution in [0.3, 0.4) is 0 Å². The standard InChI is InChI=1S/C12H15NO4/c1-8(17-2)11(14)13-10(12(15)16)9-6-4-3-5-7-9/h3-8,10H,1-2H3,(H,13,14)(H,15,16). The fraction of sp³-hybridized carbons (Fsp3) is 0.333. The number of carboxylic acid groups (broad SMARTS) is 1. The monoisotopic (exact) mass is 237 g/mol. The summed E-state index contributed by atoms with van der Waals surface area (Å²) in [6.45, 7) is 1.55. The predicted molar refractivity (Wildman–Crippen MR) is 61.4 cm³/mol. The Bertz CT molecular complexity index is 391. The normalized spacial score (nSPS) is 13.8. The topological polar surface area (TPSA) is 75.6 Å². The van der Waals surface area contributed by atoms with Gasteiger partial charge in [0.15, 0.2) is 6.04 Å². The molecule has 0 saturated carbocycles. The molecule has 0 aliphatic rings. The number of rotatable bonds is 5. The third-order valence-corrected chi connectivity index (χ3v) is 2.39. The number of carboxylic acids is 1. The van der Waals surface area contributed by atoms with Crippen molar-refractivity contribution in [1.29, 1.82) is 0 Å². The lowest BCUT2D eigenvalue weighted by Gasteiger charge is -2.17. The first-order chi connectivity index (χ1) is 8.06. The van der Waals surface area contributed by atoms with Gasteiger partial charge in [0.25, 0.3) is 0 Å². The quantitative estimate of drug-likeness (QED) is 0.800. The first kappa shape index (κ1) is 13.2. The van der Waals surface area contributed by atoms with Gasteiger partial charge in [0.05, 0.1) is 0 Å². The second kappa shape index (κ2) is 6.00. The molecule has 2 N–H and O–H groups in total. The highest BCUT2D eigenvalue weighted by Crippen LogP contribution is 2.12. The van der Waals surface area contributed by atoms with Gasteiger partial charge < -0.3 is 15.2 Å². The number of hydrogen-bond acceptors (Lipinski definition) is 3. The van der Waals surface area contributed by atoms with Crippen molar-refractivity contribution in [1.82, 2.24) is 5.32 Å². The molecule has 0 saturated heterocycles. The molecular weight excluding hydrogens is 222 g/mol. The summed E-state index contributed by atoms with van der Waals surface area (Å²) in [5, 5.41) is 11.5. The molecular formula is C12H15NO4. The fourth-order valence-electron chi connectivity index (χ4n) is 1.30. The number of carbonyl (C=O) groups excluding carboxylic acids is 1. The van der Waals surface area contributed by atoms with Crippen molar-refractivity contribution in [2.24, 2.45) is 0 Å². The molecule has 5 heteroatoms. The Labute approximate surface area is 99.4 Å². The molecule has 1 amide bonds. The van der Waals surface area contributed by atoms with Gasteiger partial charge >= 0.3 is 5.97 Å². The molecule has 2 unspecified atom stereocenters. The first-order valence-electron chi connectivity index (χ1n) is 5.17. The number of benzene rings is 1. The van der Waals surface area contributed by atoms with Gasteiger partial charge in [-0.1, -0.05) is 30.3 Å². The molecule has 17 heavy (non-hydrogen) atoms. The van der Waals surface area contributed by atoms with E-state index in [9.17, 15) is 9.59 Å². The maximum absolute atomic E-state index is 11.6. The lowest BCUT2D eigenvalue weighted by molar-refractivity contribution is -0.143. The number of carbonyl (C=O) groups is 2. The highest BCUT2D eigenvalue weighted by molar-refractivity contribution is 5.86. The minimum atomic E-state index is -1.10. The van der Waals surface area contributed by atoms with Gasteiger partial charge in [-0.25, -0.2) is 4.79 Å². The molecule has 1 aromatic rings. The van der Waals surface area contributed by atoms with Crippen LogP contribution in [0.2, 0.25) is 0 Å². The summed E-state index contributed by atoms with van der Waals surface area (Å²) in [5.41, 5.74) is 0.525.